The van der Waals surface area contributed by atoms with E-state index in [1.165, 1.54) is 12.4 Å². The Morgan fingerprint density at radius 2 is 2.06 bits per heavy atom. The summed E-state index contributed by atoms with van der Waals surface area (Å²) >= 11 is 0. The van der Waals surface area contributed by atoms with E-state index in [2.05, 4.69) is 25.6 Å². The lowest BCUT2D eigenvalue weighted by atomic mass is 10.0. The number of alkyl halides is 1. The summed E-state index contributed by atoms with van der Waals surface area (Å²) in [5, 5.41) is 15.1. The van der Waals surface area contributed by atoms with Gasteiger partial charge in [-0.25, -0.2) is 19.3 Å². The molecule has 4 rings (SSSR count). The second-order valence-electron chi connectivity index (χ2n) is 8.11. The maximum atomic E-state index is 15.1. The number of hydrogen-bond donors (Lipinski definition) is 3. The third-order valence-corrected chi connectivity index (χ3v) is 5.64. The van der Waals surface area contributed by atoms with Crippen molar-refractivity contribution in [3.8, 4) is 6.07 Å². The van der Waals surface area contributed by atoms with E-state index in [4.69, 9.17) is 15.7 Å². The molecule has 0 spiro atoms. The summed E-state index contributed by atoms with van der Waals surface area (Å²) in [6.45, 7) is 1.13. The number of amides is 1. The van der Waals surface area contributed by atoms with Gasteiger partial charge in [0.1, 0.15) is 29.7 Å². The van der Waals surface area contributed by atoms with Crippen LogP contribution in [0.4, 0.5) is 27.5 Å². The number of nitrogens with two attached hydrogens (primary N) is 1. The molecule has 4 N–H and O–H groups in total. The van der Waals surface area contributed by atoms with Crippen molar-refractivity contribution < 1.29 is 13.9 Å². The monoisotopic (exact) mass is 476 g/mol. The molecule has 35 heavy (non-hydrogen) atoms. The zero-order chi connectivity index (χ0) is 24.8. The third-order valence-electron chi connectivity index (χ3n) is 5.64. The number of piperidine rings is 1. The quantitative estimate of drug-likeness (QED) is 0.447. The maximum absolute atomic E-state index is 15.1. The number of carbonyl (C=O) groups is 1. The molecule has 0 aromatic carbocycles. The first-order valence-electron chi connectivity index (χ1n) is 11.0. The van der Waals surface area contributed by atoms with Gasteiger partial charge in [-0.05, 0) is 30.2 Å². The molecule has 1 amide bonds. The van der Waals surface area contributed by atoms with Crippen LogP contribution in [0.5, 0.6) is 0 Å². The molecule has 2 atom stereocenters. The van der Waals surface area contributed by atoms with Crippen LogP contribution in [0.3, 0.4) is 0 Å². The molecule has 3 aromatic heterocycles. The summed E-state index contributed by atoms with van der Waals surface area (Å²) in [6, 6.07) is 10.1. The number of nitrogens with one attached hydrogen (secondary N) is 2. The van der Waals surface area contributed by atoms with Crippen molar-refractivity contribution in [2.45, 2.75) is 25.2 Å². The van der Waals surface area contributed by atoms with Crippen LogP contribution in [-0.4, -0.2) is 53.3 Å². The maximum Gasteiger partial charge on any atom is 0.252 e. The standard InChI is InChI=1S/C24H25FN8O2/c1-35-14-16-2-4-21(28-11-16)32-22-8-20(17(12-29-22)24(27)34)31-19-6-7-33(13-18(19)25)23-5-3-15(9-26)10-30-23/h2-5,8,10-12,18-19H,6-7,13-14H2,1H3,(H2,27,34)(H2,28,29,31,32)/t18-,19+/m0/s1. The smallest absolute Gasteiger partial charge is 0.252 e. The average Bonchev–Trinajstić information content (AvgIpc) is 2.87. The summed E-state index contributed by atoms with van der Waals surface area (Å²) in [6.07, 6.45) is 3.75. The van der Waals surface area contributed by atoms with Gasteiger partial charge in [0.25, 0.3) is 5.91 Å². The summed E-state index contributed by atoms with van der Waals surface area (Å²) < 4.78 is 20.2. The highest BCUT2D eigenvalue weighted by molar-refractivity contribution is 5.98. The molecular weight excluding hydrogens is 451 g/mol. The Hall–Kier alpha value is -4.30. The summed E-state index contributed by atoms with van der Waals surface area (Å²) in [7, 11) is 1.61. The predicted octanol–water partition coefficient (Wildman–Crippen LogP) is 2.76. The SMILES string of the molecule is COCc1ccc(Nc2cc(N[C@@H]3CCN(c4ccc(C#N)cn4)C[C@@H]3F)c(C(N)=O)cn2)nc1. The Balaban J connectivity index is 1.46. The molecule has 1 aliphatic heterocycles. The number of halogens is 1. The fraction of sp³-hybridized carbons (Fsp3) is 0.292. The number of hydrogen-bond acceptors (Lipinski definition) is 9. The largest absolute Gasteiger partial charge is 0.380 e. The van der Waals surface area contributed by atoms with E-state index in [0.29, 0.717) is 48.3 Å². The van der Waals surface area contributed by atoms with Gasteiger partial charge in [-0.1, -0.05) is 6.07 Å². The third kappa shape index (κ3) is 5.80. The second kappa shape index (κ2) is 10.8. The van der Waals surface area contributed by atoms with E-state index < -0.39 is 18.1 Å². The molecule has 1 aliphatic rings. The summed E-state index contributed by atoms with van der Waals surface area (Å²) in [5.74, 6) is 0.936. The fourth-order valence-electron chi connectivity index (χ4n) is 3.84. The molecule has 0 unspecified atom stereocenters. The average molecular weight is 477 g/mol. The lowest BCUT2D eigenvalue weighted by molar-refractivity contribution is 0.100. The van der Waals surface area contributed by atoms with Crippen LogP contribution in [0.15, 0.2) is 48.9 Å². The Labute approximate surface area is 202 Å². The van der Waals surface area contributed by atoms with Crippen LogP contribution < -0.4 is 21.3 Å². The highest BCUT2D eigenvalue weighted by atomic mass is 19.1. The summed E-state index contributed by atoms with van der Waals surface area (Å²) in [4.78, 5) is 26.6. The van der Waals surface area contributed by atoms with Gasteiger partial charge in [0.2, 0.25) is 0 Å². The van der Waals surface area contributed by atoms with E-state index in [1.807, 2.05) is 17.0 Å². The molecule has 0 radical (unpaired) electrons. The first-order chi connectivity index (χ1) is 17.0. The van der Waals surface area contributed by atoms with Crippen LogP contribution in [0.25, 0.3) is 0 Å². The second-order valence-corrected chi connectivity index (χ2v) is 8.11. The van der Waals surface area contributed by atoms with Crippen molar-refractivity contribution in [2.24, 2.45) is 5.73 Å². The van der Waals surface area contributed by atoms with Crippen LogP contribution in [0, 0.1) is 11.3 Å². The highest BCUT2D eigenvalue weighted by Crippen LogP contribution is 2.26. The number of aromatic nitrogens is 3. The molecule has 1 fully saturated rings. The Morgan fingerprint density at radius 1 is 1.23 bits per heavy atom. The van der Waals surface area contributed by atoms with Crippen molar-refractivity contribution in [3.63, 3.8) is 0 Å². The molecule has 0 saturated carbocycles. The molecule has 4 heterocycles. The molecule has 0 bridgehead atoms. The minimum absolute atomic E-state index is 0.121. The van der Waals surface area contributed by atoms with Gasteiger partial charge in [-0.3, -0.25) is 4.79 Å². The minimum atomic E-state index is -1.23. The van der Waals surface area contributed by atoms with E-state index >= 15 is 4.39 Å². The zero-order valence-corrected chi connectivity index (χ0v) is 19.1. The number of ether oxygens (including phenoxy) is 1. The Morgan fingerprint density at radius 3 is 2.69 bits per heavy atom. The number of pyridine rings is 3. The highest BCUT2D eigenvalue weighted by Gasteiger charge is 2.30. The number of nitriles is 1. The molecule has 0 aliphatic carbocycles. The van der Waals surface area contributed by atoms with Gasteiger partial charge >= 0.3 is 0 Å². The molecule has 3 aromatic rings. The molecule has 11 heteroatoms. The van der Waals surface area contributed by atoms with E-state index in [-0.39, 0.29) is 12.1 Å². The van der Waals surface area contributed by atoms with Gasteiger partial charge in [-0.15, -0.1) is 0 Å². The van der Waals surface area contributed by atoms with Crippen molar-refractivity contribution in [1.82, 2.24) is 15.0 Å². The van der Waals surface area contributed by atoms with E-state index in [9.17, 15) is 4.79 Å². The summed E-state index contributed by atoms with van der Waals surface area (Å²) in [5.41, 5.74) is 7.46. The zero-order valence-electron chi connectivity index (χ0n) is 19.1. The fourth-order valence-corrected chi connectivity index (χ4v) is 3.84. The molecule has 180 valence electrons. The number of primary amides is 1. The van der Waals surface area contributed by atoms with Gasteiger partial charge in [0.05, 0.1) is 36.0 Å². The number of anilines is 4. The number of nitrogens with zero attached hydrogens (tertiary/aromatic N) is 5. The molecular formula is C24H25FN8O2. The number of rotatable bonds is 8. The molecule has 10 nitrogen and oxygen atoms in total. The van der Waals surface area contributed by atoms with Crippen LogP contribution in [0.2, 0.25) is 0 Å². The molecule has 1 saturated heterocycles. The first-order valence-corrected chi connectivity index (χ1v) is 11.0. The van der Waals surface area contributed by atoms with Crippen molar-refractivity contribution in [3.05, 3.63) is 65.6 Å². The number of carbonyl (C=O) groups excluding carboxylic acids is 1. The lowest BCUT2D eigenvalue weighted by Gasteiger charge is -2.36. The minimum Gasteiger partial charge on any atom is -0.380 e. The predicted molar refractivity (Wildman–Crippen MR) is 129 cm³/mol. The van der Waals surface area contributed by atoms with E-state index in [1.54, 1.807) is 37.6 Å². The van der Waals surface area contributed by atoms with Crippen molar-refractivity contribution in [1.29, 1.82) is 5.26 Å². The van der Waals surface area contributed by atoms with Crippen LogP contribution >= 0.6 is 0 Å². The van der Waals surface area contributed by atoms with Crippen LogP contribution in [-0.2, 0) is 11.3 Å². The van der Waals surface area contributed by atoms with Crippen molar-refractivity contribution >= 4 is 29.0 Å². The normalized spacial score (nSPS) is 17.5. The van der Waals surface area contributed by atoms with Gasteiger partial charge in [0.15, 0.2) is 0 Å². The first kappa shape index (κ1) is 23.8. The lowest BCUT2D eigenvalue weighted by Crippen LogP contribution is -2.48. The van der Waals surface area contributed by atoms with Gasteiger partial charge < -0.3 is 26.0 Å². The topological polar surface area (TPSA) is 142 Å². The van der Waals surface area contributed by atoms with Crippen molar-refractivity contribution in [2.75, 3.05) is 35.7 Å². The van der Waals surface area contributed by atoms with Gasteiger partial charge in [-0.2, -0.15) is 5.26 Å². The van der Waals surface area contributed by atoms with E-state index in [0.717, 1.165) is 5.56 Å². The Bertz CT molecular complexity index is 1210. The Kier molecular flexibility index (Phi) is 7.32. The number of methoxy groups -OCH3 is 1. The van der Waals surface area contributed by atoms with Crippen LogP contribution in [0.1, 0.15) is 27.9 Å². The van der Waals surface area contributed by atoms with Gasteiger partial charge in [0, 0.05) is 38.3 Å².